The summed E-state index contributed by atoms with van der Waals surface area (Å²) in [6, 6.07) is 7.18. The molecule has 0 aliphatic heterocycles. The standard InChI is InChI=1S/C15H24N2O2/c1-4-8-19-13-7-5-6-12(9-13)15(18)17-10-14(16)11(2)3/h5-7,9,11,14H,4,8,10,16H2,1-3H3,(H,17,18). The molecule has 4 nitrogen and oxygen atoms in total. The van der Waals surface area contributed by atoms with Crippen LogP contribution in [0.2, 0.25) is 0 Å². The van der Waals surface area contributed by atoms with Crippen molar-refractivity contribution >= 4 is 5.91 Å². The smallest absolute Gasteiger partial charge is 0.251 e. The van der Waals surface area contributed by atoms with Gasteiger partial charge in [0.25, 0.3) is 5.91 Å². The predicted octanol–water partition coefficient (Wildman–Crippen LogP) is 2.19. The van der Waals surface area contributed by atoms with Crippen LogP contribution in [-0.2, 0) is 0 Å². The lowest BCUT2D eigenvalue weighted by Gasteiger charge is -2.16. The van der Waals surface area contributed by atoms with Crippen molar-refractivity contribution in [1.82, 2.24) is 5.32 Å². The fraction of sp³-hybridized carbons (Fsp3) is 0.533. The average molecular weight is 264 g/mol. The first-order valence-corrected chi connectivity index (χ1v) is 6.81. The van der Waals surface area contributed by atoms with Gasteiger partial charge in [0, 0.05) is 18.2 Å². The molecule has 0 radical (unpaired) electrons. The van der Waals surface area contributed by atoms with Crippen LogP contribution in [0.25, 0.3) is 0 Å². The molecule has 106 valence electrons. The SMILES string of the molecule is CCCOc1cccc(C(=O)NCC(N)C(C)C)c1. The zero-order valence-corrected chi connectivity index (χ0v) is 12.0. The van der Waals surface area contributed by atoms with Gasteiger partial charge in [0.15, 0.2) is 0 Å². The number of nitrogens with two attached hydrogens (primary N) is 1. The molecule has 0 aliphatic carbocycles. The Morgan fingerprint density at radius 2 is 2.16 bits per heavy atom. The van der Waals surface area contributed by atoms with Crippen molar-refractivity contribution in [3.63, 3.8) is 0 Å². The normalized spacial score (nSPS) is 12.3. The molecule has 1 rings (SSSR count). The molecule has 4 heteroatoms. The van der Waals surface area contributed by atoms with E-state index in [2.05, 4.69) is 5.32 Å². The van der Waals surface area contributed by atoms with Crippen molar-refractivity contribution in [2.45, 2.75) is 33.2 Å². The lowest BCUT2D eigenvalue weighted by atomic mass is 10.1. The molecule has 1 unspecified atom stereocenters. The molecule has 1 atom stereocenters. The Bertz CT molecular complexity index is 405. The van der Waals surface area contributed by atoms with E-state index in [1.54, 1.807) is 12.1 Å². The molecule has 0 fully saturated rings. The van der Waals surface area contributed by atoms with E-state index in [0.717, 1.165) is 12.2 Å². The Kier molecular flexibility index (Phi) is 6.36. The number of hydrogen-bond acceptors (Lipinski definition) is 3. The highest BCUT2D eigenvalue weighted by Gasteiger charge is 2.11. The summed E-state index contributed by atoms with van der Waals surface area (Å²) in [6.07, 6.45) is 0.944. The first kappa shape index (κ1) is 15.5. The number of carbonyl (C=O) groups is 1. The van der Waals surface area contributed by atoms with Crippen LogP contribution < -0.4 is 15.8 Å². The Morgan fingerprint density at radius 1 is 1.42 bits per heavy atom. The Labute approximate surface area is 115 Å². The third kappa shape index (κ3) is 5.30. The van der Waals surface area contributed by atoms with E-state index in [0.29, 0.717) is 24.6 Å². The van der Waals surface area contributed by atoms with Gasteiger partial charge in [0.2, 0.25) is 0 Å². The van der Waals surface area contributed by atoms with E-state index in [-0.39, 0.29) is 11.9 Å². The van der Waals surface area contributed by atoms with Crippen LogP contribution in [0, 0.1) is 5.92 Å². The molecular formula is C15H24N2O2. The molecule has 3 N–H and O–H groups in total. The van der Waals surface area contributed by atoms with Gasteiger partial charge in [-0.1, -0.05) is 26.8 Å². The number of hydrogen-bond donors (Lipinski definition) is 2. The average Bonchev–Trinajstić information content (AvgIpc) is 2.42. The van der Waals surface area contributed by atoms with Crippen LogP contribution in [0.1, 0.15) is 37.6 Å². The summed E-state index contributed by atoms with van der Waals surface area (Å²) >= 11 is 0. The van der Waals surface area contributed by atoms with E-state index in [1.807, 2.05) is 32.9 Å². The van der Waals surface area contributed by atoms with E-state index in [1.165, 1.54) is 0 Å². The molecular weight excluding hydrogens is 240 g/mol. The summed E-state index contributed by atoms with van der Waals surface area (Å²) in [7, 11) is 0. The first-order chi connectivity index (χ1) is 9.04. The van der Waals surface area contributed by atoms with Gasteiger partial charge >= 0.3 is 0 Å². The Morgan fingerprint density at radius 3 is 2.79 bits per heavy atom. The van der Waals surface area contributed by atoms with Crippen molar-refractivity contribution in [3.8, 4) is 5.75 Å². The van der Waals surface area contributed by atoms with Gasteiger partial charge in [-0.15, -0.1) is 0 Å². The monoisotopic (exact) mass is 264 g/mol. The van der Waals surface area contributed by atoms with Crippen molar-refractivity contribution in [1.29, 1.82) is 0 Å². The predicted molar refractivity (Wildman–Crippen MR) is 77.4 cm³/mol. The molecule has 1 aromatic rings. The van der Waals surface area contributed by atoms with E-state index < -0.39 is 0 Å². The third-order valence-electron chi connectivity index (χ3n) is 2.92. The molecule has 19 heavy (non-hydrogen) atoms. The minimum Gasteiger partial charge on any atom is -0.494 e. The van der Waals surface area contributed by atoms with Crippen molar-refractivity contribution < 1.29 is 9.53 Å². The van der Waals surface area contributed by atoms with Crippen LogP contribution in [0.3, 0.4) is 0 Å². The molecule has 0 aromatic heterocycles. The number of amides is 1. The summed E-state index contributed by atoms with van der Waals surface area (Å²) in [5, 5.41) is 2.84. The van der Waals surface area contributed by atoms with Crippen LogP contribution in [0.5, 0.6) is 5.75 Å². The molecule has 0 aliphatic rings. The summed E-state index contributed by atoms with van der Waals surface area (Å²) in [6.45, 7) is 7.26. The van der Waals surface area contributed by atoms with Gasteiger partial charge in [-0.25, -0.2) is 0 Å². The third-order valence-corrected chi connectivity index (χ3v) is 2.92. The fourth-order valence-corrected chi connectivity index (χ4v) is 1.50. The molecule has 0 saturated carbocycles. The summed E-state index contributed by atoms with van der Waals surface area (Å²) < 4.78 is 5.51. The molecule has 0 heterocycles. The molecule has 0 spiro atoms. The van der Waals surface area contributed by atoms with Crippen molar-refractivity contribution in [2.75, 3.05) is 13.2 Å². The van der Waals surface area contributed by atoms with Gasteiger partial charge in [0.1, 0.15) is 5.75 Å². The maximum absolute atomic E-state index is 12.0. The number of nitrogens with one attached hydrogen (secondary N) is 1. The fourth-order valence-electron chi connectivity index (χ4n) is 1.50. The van der Waals surface area contributed by atoms with Crippen molar-refractivity contribution in [2.24, 2.45) is 11.7 Å². The molecule has 1 amide bonds. The maximum atomic E-state index is 12.0. The van der Waals surface area contributed by atoms with Crippen LogP contribution in [-0.4, -0.2) is 25.1 Å². The second-order valence-electron chi connectivity index (χ2n) is 4.99. The lowest BCUT2D eigenvalue weighted by molar-refractivity contribution is 0.0949. The van der Waals surface area contributed by atoms with E-state index in [4.69, 9.17) is 10.5 Å². The second-order valence-corrected chi connectivity index (χ2v) is 4.99. The quantitative estimate of drug-likeness (QED) is 0.793. The van der Waals surface area contributed by atoms with E-state index >= 15 is 0 Å². The number of rotatable bonds is 7. The van der Waals surface area contributed by atoms with Gasteiger partial charge < -0.3 is 15.8 Å². The maximum Gasteiger partial charge on any atom is 0.251 e. The number of carbonyl (C=O) groups excluding carboxylic acids is 1. The van der Waals surface area contributed by atoms with E-state index in [9.17, 15) is 4.79 Å². The zero-order valence-electron chi connectivity index (χ0n) is 12.0. The molecule has 1 aromatic carbocycles. The van der Waals surface area contributed by atoms with Gasteiger partial charge in [-0.05, 0) is 30.5 Å². The molecule has 0 saturated heterocycles. The topological polar surface area (TPSA) is 64.3 Å². The highest BCUT2D eigenvalue weighted by molar-refractivity contribution is 5.94. The second kappa shape index (κ2) is 7.79. The number of benzene rings is 1. The first-order valence-electron chi connectivity index (χ1n) is 6.81. The van der Waals surface area contributed by atoms with Crippen LogP contribution in [0.4, 0.5) is 0 Å². The highest BCUT2D eigenvalue weighted by atomic mass is 16.5. The van der Waals surface area contributed by atoms with Gasteiger partial charge in [-0.3, -0.25) is 4.79 Å². The van der Waals surface area contributed by atoms with Gasteiger partial charge in [0.05, 0.1) is 6.61 Å². The summed E-state index contributed by atoms with van der Waals surface area (Å²) in [5.74, 6) is 0.959. The Balaban J connectivity index is 2.56. The summed E-state index contributed by atoms with van der Waals surface area (Å²) in [5.41, 5.74) is 6.50. The minimum absolute atomic E-state index is 0.0246. The zero-order chi connectivity index (χ0) is 14.3. The Hall–Kier alpha value is -1.55. The minimum atomic E-state index is -0.113. The van der Waals surface area contributed by atoms with Crippen molar-refractivity contribution in [3.05, 3.63) is 29.8 Å². The lowest BCUT2D eigenvalue weighted by Crippen LogP contribution is -2.40. The van der Waals surface area contributed by atoms with Gasteiger partial charge in [-0.2, -0.15) is 0 Å². The largest absolute Gasteiger partial charge is 0.494 e. The molecule has 0 bridgehead atoms. The summed E-state index contributed by atoms with van der Waals surface area (Å²) in [4.78, 5) is 12.0. The number of ether oxygens (including phenoxy) is 1. The highest BCUT2D eigenvalue weighted by Crippen LogP contribution is 2.13. The van der Waals surface area contributed by atoms with Crippen LogP contribution in [0.15, 0.2) is 24.3 Å². The van der Waals surface area contributed by atoms with Crippen LogP contribution >= 0.6 is 0 Å².